The third-order valence-electron chi connectivity index (χ3n) is 2.41. The van der Waals surface area contributed by atoms with Gasteiger partial charge in [-0.05, 0) is 19.1 Å². The van der Waals surface area contributed by atoms with Crippen LogP contribution < -0.4 is 10.1 Å². The van der Waals surface area contributed by atoms with E-state index in [9.17, 15) is 13.8 Å². The third-order valence-corrected chi connectivity index (χ3v) is 3.61. The minimum Gasteiger partial charge on any atom is -0.492 e. The second kappa shape index (κ2) is 7.68. The first-order chi connectivity index (χ1) is 9.04. The Morgan fingerprint density at radius 1 is 1.32 bits per heavy atom. The predicted octanol–water partition coefficient (Wildman–Crippen LogP) is 0.763. The lowest BCUT2D eigenvalue weighted by Crippen LogP contribution is -2.26. The Labute approximate surface area is 114 Å². The highest BCUT2D eigenvalue weighted by Crippen LogP contribution is 2.18. The molecule has 0 aliphatic rings. The van der Waals surface area contributed by atoms with Gasteiger partial charge in [0.05, 0.1) is 17.9 Å². The van der Waals surface area contributed by atoms with Gasteiger partial charge < -0.3 is 10.1 Å². The zero-order valence-electron chi connectivity index (χ0n) is 11.0. The first kappa shape index (κ1) is 15.4. The molecule has 5 nitrogen and oxygen atoms in total. The Kier molecular flexibility index (Phi) is 6.21. The number of Topliss-reactive ketones (excluding diaryl/α,β-unsaturated/α-hetero) is 1. The van der Waals surface area contributed by atoms with Gasteiger partial charge in [-0.15, -0.1) is 0 Å². The SMILES string of the molecule is CNC(=O)CS(=O)CCOc1ccccc1C(C)=O. The van der Waals surface area contributed by atoms with Crippen LogP contribution in [0.2, 0.25) is 0 Å². The molecule has 19 heavy (non-hydrogen) atoms. The van der Waals surface area contributed by atoms with E-state index < -0.39 is 10.8 Å². The van der Waals surface area contributed by atoms with Crippen molar-refractivity contribution in [3.05, 3.63) is 29.8 Å². The zero-order chi connectivity index (χ0) is 14.3. The van der Waals surface area contributed by atoms with Crippen LogP contribution in [0.25, 0.3) is 0 Å². The molecule has 1 atom stereocenters. The van der Waals surface area contributed by atoms with Crippen LogP contribution in [0, 0.1) is 0 Å². The van der Waals surface area contributed by atoms with Crippen molar-refractivity contribution < 1.29 is 18.5 Å². The summed E-state index contributed by atoms with van der Waals surface area (Å²) in [5.41, 5.74) is 0.500. The quantitative estimate of drug-likeness (QED) is 0.750. The van der Waals surface area contributed by atoms with Gasteiger partial charge in [0, 0.05) is 17.8 Å². The minimum atomic E-state index is -1.26. The molecule has 6 heteroatoms. The number of ketones is 1. The monoisotopic (exact) mass is 283 g/mol. The summed E-state index contributed by atoms with van der Waals surface area (Å²) in [4.78, 5) is 22.4. The van der Waals surface area contributed by atoms with Crippen molar-refractivity contribution in [2.24, 2.45) is 0 Å². The molecule has 0 saturated heterocycles. The molecule has 0 heterocycles. The Hall–Kier alpha value is -1.69. The number of rotatable bonds is 7. The van der Waals surface area contributed by atoms with E-state index in [1.807, 2.05) is 0 Å². The highest BCUT2D eigenvalue weighted by atomic mass is 32.2. The predicted molar refractivity (Wildman–Crippen MR) is 73.9 cm³/mol. The van der Waals surface area contributed by atoms with Gasteiger partial charge in [-0.25, -0.2) is 0 Å². The molecule has 1 rings (SSSR count). The number of carbonyl (C=O) groups excluding carboxylic acids is 2. The van der Waals surface area contributed by atoms with Crippen LogP contribution in [0.15, 0.2) is 24.3 Å². The van der Waals surface area contributed by atoms with Crippen LogP contribution in [-0.2, 0) is 15.6 Å². The molecule has 1 N–H and O–H groups in total. The molecule has 0 aliphatic heterocycles. The van der Waals surface area contributed by atoms with E-state index >= 15 is 0 Å². The van der Waals surface area contributed by atoms with Crippen LogP contribution in [0.3, 0.4) is 0 Å². The Morgan fingerprint density at radius 2 is 2.00 bits per heavy atom. The number of carbonyl (C=O) groups is 2. The molecule has 0 saturated carbocycles. The van der Waals surface area contributed by atoms with Gasteiger partial charge in [0.2, 0.25) is 5.91 Å². The van der Waals surface area contributed by atoms with E-state index in [1.54, 1.807) is 24.3 Å². The molecule has 0 radical (unpaired) electrons. The normalized spacial score (nSPS) is 11.7. The zero-order valence-corrected chi connectivity index (χ0v) is 11.8. The summed E-state index contributed by atoms with van der Waals surface area (Å²) in [5.74, 6) is 0.352. The molecular weight excluding hydrogens is 266 g/mol. The van der Waals surface area contributed by atoms with Gasteiger partial charge in [-0.3, -0.25) is 13.8 Å². The number of para-hydroxylation sites is 1. The van der Waals surface area contributed by atoms with Crippen LogP contribution in [0.1, 0.15) is 17.3 Å². The maximum absolute atomic E-state index is 11.5. The van der Waals surface area contributed by atoms with E-state index in [-0.39, 0.29) is 29.8 Å². The lowest BCUT2D eigenvalue weighted by Gasteiger charge is -2.09. The average Bonchev–Trinajstić information content (AvgIpc) is 2.38. The second-order valence-corrected chi connectivity index (χ2v) is 5.44. The molecular formula is C13H17NO4S. The van der Waals surface area contributed by atoms with Crippen molar-refractivity contribution in [3.63, 3.8) is 0 Å². The number of hydrogen-bond acceptors (Lipinski definition) is 4. The molecule has 1 aromatic rings. The summed E-state index contributed by atoms with van der Waals surface area (Å²) in [5, 5.41) is 2.41. The standard InChI is InChI=1S/C13H17NO4S/c1-10(15)11-5-3-4-6-12(11)18-7-8-19(17)9-13(16)14-2/h3-6H,7-9H2,1-2H3,(H,14,16). The van der Waals surface area contributed by atoms with Crippen molar-refractivity contribution in [2.75, 3.05) is 25.2 Å². The van der Waals surface area contributed by atoms with Gasteiger partial charge in [-0.2, -0.15) is 0 Å². The Balaban J connectivity index is 2.47. The van der Waals surface area contributed by atoms with E-state index in [2.05, 4.69) is 5.32 Å². The molecule has 1 amide bonds. The largest absolute Gasteiger partial charge is 0.492 e. The summed E-state index contributed by atoms with van der Waals surface area (Å²) in [6.45, 7) is 1.67. The first-order valence-electron chi connectivity index (χ1n) is 5.83. The minimum absolute atomic E-state index is 0.0335. The number of nitrogens with one attached hydrogen (secondary N) is 1. The van der Waals surface area contributed by atoms with Gasteiger partial charge >= 0.3 is 0 Å². The van der Waals surface area contributed by atoms with Crippen molar-refractivity contribution >= 4 is 22.5 Å². The highest BCUT2D eigenvalue weighted by Gasteiger charge is 2.09. The fraction of sp³-hybridized carbons (Fsp3) is 0.385. The molecule has 0 fully saturated rings. The lowest BCUT2D eigenvalue weighted by atomic mass is 10.1. The van der Waals surface area contributed by atoms with Crippen LogP contribution in [-0.4, -0.2) is 41.1 Å². The van der Waals surface area contributed by atoms with Crippen LogP contribution in [0.4, 0.5) is 0 Å². The first-order valence-corrected chi connectivity index (χ1v) is 7.31. The molecule has 0 spiro atoms. The third kappa shape index (κ3) is 5.21. The number of benzene rings is 1. The van der Waals surface area contributed by atoms with Crippen LogP contribution >= 0.6 is 0 Å². The number of ether oxygens (including phenoxy) is 1. The number of hydrogen-bond donors (Lipinski definition) is 1. The summed E-state index contributed by atoms with van der Waals surface area (Å²) >= 11 is 0. The second-order valence-electron chi connectivity index (χ2n) is 3.86. The summed E-state index contributed by atoms with van der Waals surface area (Å²) < 4.78 is 17.0. The number of amides is 1. The van der Waals surface area contributed by atoms with Gasteiger partial charge in [-0.1, -0.05) is 12.1 Å². The summed E-state index contributed by atoms with van der Waals surface area (Å²) in [6, 6.07) is 6.90. The summed E-state index contributed by atoms with van der Waals surface area (Å²) in [6.07, 6.45) is 0. The maximum atomic E-state index is 11.5. The Morgan fingerprint density at radius 3 is 2.63 bits per heavy atom. The van der Waals surface area contributed by atoms with Crippen molar-refractivity contribution in [1.29, 1.82) is 0 Å². The topological polar surface area (TPSA) is 72.5 Å². The van der Waals surface area contributed by atoms with Gasteiger partial charge in [0.25, 0.3) is 0 Å². The molecule has 104 valence electrons. The fourth-order valence-corrected chi connectivity index (χ4v) is 2.27. The average molecular weight is 283 g/mol. The van der Waals surface area contributed by atoms with Crippen molar-refractivity contribution in [2.45, 2.75) is 6.92 Å². The van der Waals surface area contributed by atoms with E-state index in [0.717, 1.165) is 0 Å². The maximum Gasteiger partial charge on any atom is 0.232 e. The van der Waals surface area contributed by atoms with E-state index in [4.69, 9.17) is 4.74 Å². The molecule has 0 aromatic heterocycles. The highest BCUT2D eigenvalue weighted by molar-refractivity contribution is 7.85. The van der Waals surface area contributed by atoms with Crippen molar-refractivity contribution in [1.82, 2.24) is 5.32 Å². The lowest BCUT2D eigenvalue weighted by molar-refractivity contribution is -0.118. The van der Waals surface area contributed by atoms with Crippen LogP contribution in [0.5, 0.6) is 5.75 Å². The van der Waals surface area contributed by atoms with Gasteiger partial charge in [0.1, 0.15) is 11.5 Å². The summed E-state index contributed by atoms with van der Waals surface area (Å²) in [7, 11) is 0.236. The molecule has 1 aromatic carbocycles. The fourth-order valence-electron chi connectivity index (χ4n) is 1.42. The molecule has 1 unspecified atom stereocenters. The van der Waals surface area contributed by atoms with E-state index in [1.165, 1.54) is 14.0 Å². The van der Waals surface area contributed by atoms with E-state index in [0.29, 0.717) is 11.3 Å². The molecule has 0 aliphatic carbocycles. The smallest absolute Gasteiger partial charge is 0.232 e. The Bertz CT molecular complexity index is 487. The van der Waals surface area contributed by atoms with Gasteiger partial charge in [0.15, 0.2) is 5.78 Å². The van der Waals surface area contributed by atoms with Crippen molar-refractivity contribution in [3.8, 4) is 5.75 Å². The molecule has 0 bridgehead atoms.